The lowest BCUT2D eigenvalue weighted by Gasteiger charge is -2.33. The second kappa shape index (κ2) is 6.97. The van der Waals surface area contributed by atoms with Gasteiger partial charge in [-0.05, 0) is 0 Å². The number of hydrogen-bond acceptors (Lipinski definition) is 3. The van der Waals surface area contributed by atoms with Gasteiger partial charge in [0.05, 0.1) is 0 Å². The van der Waals surface area contributed by atoms with E-state index in [0.29, 0.717) is 0 Å². The highest BCUT2D eigenvalue weighted by molar-refractivity contribution is 5.77. The van der Waals surface area contributed by atoms with Crippen LogP contribution >= 0.6 is 0 Å². The summed E-state index contributed by atoms with van der Waals surface area (Å²) in [5.41, 5.74) is 0. The first-order valence-corrected chi connectivity index (χ1v) is 5.56. The lowest BCUT2D eigenvalue weighted by molar-refractivity contribution is -0.440. The minimum absolute atomic E-state index is 2.22. The van der Waals surface area contributed by atoms with Crippen molar-refractivity contribution in [3.05, 3.63) is 0 Å². The SMILES string of the molecule is O=C(F)C(F)(OCC(F)(OC(F)(F)CC(F)(F)F)C(F)(F)F)C(F)(F)F. The molecule has 17 heteroatoms. The third kappa shape index (κ3) is 6.10. The molecule has 3 nitrogen and oxygen atoms in total. The van der Waals surface area contributed by atoms with Crippen molar-refractivity contribution in [1.82, 2.24) is 0 Å². The van der Waals surface area contributed by atoms with Gasteiger partial charge in [0.2, 0.25) is 0 Å². The summed E-state index contributed by atoms with van der Waals surface area (Å²) in [7, 11) is 0. The predicted molar refractivity (Wildman–Crippen MR) is 48.6 cm³/mol. The summed E-state index contributed by atoms with van der Waals surface area (Å²) < 4.78 is 177. The summed E-state index contributed by atoms with van der Waals surface area (Å²) in [5.74, 6) is -12.4. The van der Waals surface area contributed by atoms with E-state index in [1.165, 1.54) is 0 Å². The highest BCUT2D eigenvalue weighted by Crippen LogP contribution is 2.45. The van der Waals surface area contributed by atoms with Crippen molar-refractivity contribution in [3.8, 4) is 0 Å². The van der Waals surface area contributed by atoms with Crippen LogP contribution in [0, 0.1) is 0 Å². The van der Waals surface area contributed by atoms with Crippen molar-refractivity contribution >= 4 is 6.04 Å². The van der Waals surface area contributed by atoms with Gasteiger partial charge in [0.15, 0.2) is 0 Å². The molecule has 0 aromatic rings. The van der Waals surface area contributed by atoms with E-state index < -0.39 is 55.4 Å². The first kappa shape index (κ1) is 24.6. The summed E-state index contributed by atoms with van der Waals surface area (Å²) >= 11 is 0. The molecule has 0 rings (SSSR count). The molecule has 0 aliphatic heterocycles. The Morgan fingerprint density at radius 2 is 1.15 bits per heavy atom. The zero-order chi connectivity index (χ0) is 21.4. The zero-order valence-electron chi connectivity index (χ0n) is 11.4. The van der Waals surface area contributed by atoms with Crippen LogP contribution in [0.25, 0.3) is 0 Å². The van der Waals surface area contributed by atoms with Crippen molar-refractivity contribution in [2.24, 2.45) is 0 Å². The first-order valence-electron chi connectivity index (χ1n) is 5.56. The molecule has 0 saturated heterocycles. The molecule has 156 valence electrons. The van der Waals surface area contributed by atoms with Gasteiger partial charge in [-0.15, -0.1) is 0 Å². The number of rotatable bonds is 7. The molecule has 0 heterocycles. The van der Waals surface area contributed by atoms with Crippen LogP contribution in [0.1, 0.15) is 6.42 Å². The maximum absolute atomic E-state index is 13.5. The number of halogens is 14. The molecule has 2 unspecified atom stereocenters. The Morgan fingerprint density at radius 3 is 1.42 bits per heavy atom. The lowest BCUT2D eigenvalue weighted by Crippen LogP contribution is -2.57. The summed E-state index contributed by atoms with van der Waals surface area (Å²) in [5, 5.41) is 0. The fraction of sp³-hybridized carbons (Fsp3) is 0.889. The molecule has 26 heavy (non-hydrogen) atoms. The Balaban J connectivity index is 5.69. The van der Waals surface area contributed by atoms with Crippen molar-refractivity contribution in [3.63, 3.8) is 0 Å². The molecule has 0 aliphatic rings. The van der Waals surface area contributed by atoms with Crippen LogP contribution in [-0.2, 0) is 14.3 Å². The second-order valence-electron chi connectivity index (χ2n) is 4.41. The quantitative estimate of drug-likeness (QED) is 0.444. The van der Waals surface area contributed by atoms with E-state index in [2.05, 4.69) is 9.47 Å². The lowest BCUT2D eigenvalue weighted by atomic mass is 10.2. The minimum atomic E-state index is -6.81. The van der Waals surface area contributed by atoms with Crippen molar-refractivity contribution in [2.75, 3.05) is 6.61 Å². The summed E-state index contributed by atoms with van der Waals surface area (Å²) in [6.45, 7) is -3.60. The molecule has 2 atom stereocenters. The van der Waals surface area contributed by atoms with Crippen molar-refractivity contribution < 1.29 is 75.7 Å². The molecule has 0 amide bonds. The Kier molecular flexibility index (Phi) is 6.60. The van der Waals surface area contributed by atoms with Gasteiger partial charge < -0.3 is 4.74 Å². The average Bonchev–Trinajstić information content (AvgIpc) is 2.28. The fourth-order valence-corrected chi connectivity index (χ4v) is 1.12. The molecular formula is C9H4F14O3. The number of ether oxygens (including phenoxy) is 2. The van der Waals surface area contributed by atoms with Gasteiger partial charge in [0.1, 0.15) is 13.0 Å². The van der Waals surface area contributed by atoms with E-state index in [1.807, 2.05) is 0 Å². The average molecular weight is 426 g/mol. The van der Waals surface area contributed by atoms with E-state index in [1.54, 1.807) is 0 Å². The molecule has 0 aliphatic carbocycles. The largest absolute Gasteiger partial charge is 0.459 e. The van der Waals surface area contributed by atoms with Crippen molar-refractivity contribution in [1.29, 1.82) is 0 Å². The highest BCUT2D eigenvalue weighted by Gasteiger charge is 2.69. The van der Waals surface area contributed by atoms with Crippen LogP contribution in [0.3, 0.4) is 0 Å². The summed E-state index contributed by atoms with van der Waals surface area (Å²) in [6, 6.07) is -4.14. The number of alkyl halides is 13. The minimum Gasteiger partial charge on any atom is -0.324 e. The Morgan fingerprint density at radius 1 is 0.731 bits per heavy atom. The molecule has 0 saturated carbocycles. The van der Waals surface area contributed by atoms with Crippen molar-refractivity contribution in [2.45, 2.75) is 42.8 Å². The normalized spacial score (nSPS) is 19.0. The zero-order valence-corrected chi connectivity index (χ0v) is 11.4. The van der Waals surface area contributed by atoms with Gasteiger partial charge >= 0.3 is 42.4 Å². The molecule has 0 spiro atoms. The van der Waals surface area contributed by atoms with Gasteiger partial charge in [-0.25, -0.2) is 0 Å². The van der Waals surface area contributed by atoms with Gasteiger partial charge in [0.25, 0.3) is 0 Å². The van der Waals surface area contributed by atoms with E-state index in [9.17, 15) is 66.3 Å². The molecule has 0 N–H and O–H groups in total. The number of carbonyl (C=O) groups excluding carboxylic acids is 1. The highest BCUT2D eigenvalue weighted by atomic mass is 19.4. The van der Waals surface area contributed by atoms with Crippen LogP contribution < -0.4 is 0 Å². The van der Waals surface area contributed by atoms with Gasteiger partial charge in [-0.3, -0.25) is 9.53 Å². The second-order valence-corrected chi connectivity index (χ2v) is 4.41. The van der Waals surface area contributed by atoms with Crippen LogP contribution in [0.2, 0.25) is 0 Å². The van der Waals surface area contributed by atoms with Gasteiger partial charge in [-0.2, -0.15) is 61.5 Å². The summed E-state index contributed by atoms with van der Waals surface area (Å²) in [6.07, 6.45) is -29.0. The molecule has 0 aromatic heterocycles. The smallest absolute Gasteiger partial charge is 0.324 e. The monoisotopic (exact) mass is 426 g/mol. The number of carbonyl (C=O) groups is 1. The van der Waals surface area contributed by atoms with Gasteiger partial charge in [0, 0.05) is 0 Å². The topological polar surface area (TPSA) is 35.5 Å². The fourth-order valence-electron chi connectivity index (χ4n) is 1.12. The first-order chi connectivity index (χ1) is 11.1. The molecular weight excluding hydrogens is 422 g/mol. The maximum atomic E-state index is 13.5. The predicted octanol–water partition coefficient (Wildman–Crippen LogP) is 4.52. The Labute approximate surface area is 132 Å². The third-order valence-electron chi connectivity index (χ3n) is 2.21. The Bertz CT molecular complexity index is 507. The third-order valence-corrected chi connectivity index (χ3v) is 2.21. The molecule has 0 bridgehead atoms. The number of hydrogen-bond donors (Lipinski definition) is 0. The standard InChI is InChI=1S/C9H4F14O3/c10-3(24)7(17,9(21,22)23)25-2-4(11,8(18,19)20)26-6(15,16)1-5(12,13)14/h1-2H2. The Hall–Kier alpha value is -1.39. The van der Waals surface area contributed by atoms with E-state index in [0.717, 1.165) is 0 Å². The van der Waals surface area contributed by atoms with E-state index >= 15 is 0 Å². The molecule has 0 aromatic carbocycles. The van der Waals surface area contributed by atoms with E-state index in [4.69, 9.17) is 0 Å². The van der Waals surface area contributed by atoms with Crippen LogP contribution in [-0.4, -0.2) is 49.0 Å². The maximum Gasteiger partial charge on any atom is 0.459 e. The van der Waals surface area contributed by atoms with E-state index in [-0.39, 0.29) is 0 Å². The molecule has 0 fully saturated rings. The summed E-state index contributed by atoms with van der Waals surface area (Å²) in [4.78, 5) is 9.92. The van der Waals surface area contributed by atoms with Gasteiger partial charge in [-0.1, -0.05) is 0 Å². The molecule has 0 radical (unpaired) electrons. The van der Waals surface area contributed by atoms with Crippen LogP contribution in [0.4, 0.5) is 61.5 Å². The van der Waals surface area contributed by atoms with Crippen LogP contribution in [0.5, 0.6) is 0 Å². The van der Waals surface area contributed by atoms with Crippen LogP contribution in [0.15, 0.2) is 0 Å².